The van der Waals surface area contributed by atoms with E-state index in [4.69, 9.17) is 4.74 Å². The van der Waals surface area contributed by atoms with E-state index in [1.165, 1.54) is 308 Å². The maximum absolute atomic E-state index is 12.6. The van der Waals surface area contributed by atoms with Crippen molar-refractivity contribution in [1.29, 1.82) is 0 Å². The molecule has 0 fully saturated rings. The Labute approximate surface area is 512 Å². The van der Waals surface area contributed by atoms with Gasteiger partial charge in [-0.2, -0.15) is 0 Å². The van der Waals surface area contributed by atoms with E-state index in [1.54, 1.807) is 0 Å². The minimum Gasteiger partial charge on any atom is -0.466 e. The smallest absolute Gasteiger partial charge is 0.305 e. The number of amides is 1. The van der Waals surface area contributed by atoms with Crippen molar-refractivity contribution in [2.24, 2.45) is 0 Å². The van der Waals surface area contributed by atoms with Crippen LogP contribution in [0.1, 0.15) is 399 Å². The molecule has 0 radical (unpaired) electrons. The first-order valence-corrected chi connectivity index (χ1v) is 36.9. The van der Waals surface area contributed by atoms with Gasteiger partial charge in [-0.05, 0) is 89.9 Å². The van der Waals surface area contributed by atoms with Crippen molar-refractivity contribution in [2.75, 3.05) is 13.2 Å². The number of aliphatic hydroxyl groups excluding tert-OH is 2. The van der Waals surface area contributed by atoms with E-state index in [0.29, 0.717) is 25.9 Å². The van der Waals surface area contributed by atoms with Crippen molar-refractivity contribution >= 4 is 11.9 Å². The third-order valence-electron chi connectivity index (χ3n) is 17.1. The average Bonchev–Trinajstić information content (AvgIpc) is 3.48. The van der Waals surface area contributed by atoms with Gasteiger partial charge in [0, 0.05) is 12.8 Å². The fraction of sp³-hybridized carbons (Fsp3) is 0.868. The van der Waals surface area contributed by atoms with E-state index in [1.807, 2.05) is 0 Å². The molecule has 0 saturated carbocycles. The number of nitrogens with one attached hydrogen (secondary N) is 1. The first kappa shape index (κ1) is 79.8. The summed E-state index contributed by atoms with van der Waals surface area (Å²) in [5.74, 6) is -0.0372. The first-order chi connectivity index (χ1) is 40.5. The Hall–Kier alpha value is -2.18. The van der Waals surface area contributed by atoms with Crippen LogP contribution in [0.5, 0.6) is 0 Å². The zero-order valence-corrected chi connectivity index (χ0v) is 55.2. The Bertz CT molecular complexity index is 1370. The average molecular weight is 1150 g/mol. The largest absolute Gasteiger partial charge is 0.466 e. The van der Waals surface area contributed by atoms with Gasteiger partial charge in [0.25, 0.3) is 0 Å². The van der Waals surface area contributed by atoms with Gasteiger partial charge in [0.15, 0.2) is 0 Å². The molecule has 482 valence electrons. The summed E-state index contributed by atoms with van der Waals surface area (Å²) in [5.41, 5.74) is 0. The van der Waals surface area contributed by atoms with Crippen LogP contribution in [0.4, 0.5) is 0 Å². The fourth-order valence-electron chi connectivity index (χ4n) is 11.5. The molecule has 0 saturated heterocycles. The molecule has 6 nitrogen and oxygen atoms in total. The molecule has 0 aromatic heterocycles. The third-order valence-corrected chi connectivity index (χ3v) is 17.1. The number of hydrogen-bond acceptors (Lipinski definition) is 5. The molecule has 0 aliphatic carbocycles. The number of ether oxygens (including phenoxy) is 1. The second kappa shape index (κ2) is 71.3. The van der Waals surface area contributed by atoms with Crippen LogP contribution in [0.3, 0.4) is 0 Å². The van der Waals surface area contributed by atoms with Gasteiger partial charge in [-0.15, -0.1) is 0 Å². The molecule has 0 heterocycles. The highest BCUT2D eigenvalue weighted by molar-refractivity contribution is 5.76. The molecule has 1 amide bonds. The Morgan fingerprint density at radius 1 is 0.341 bits per heavy atom. The Kier molecular flexibility index (Phi) is 69.4. The third kappa shape index (κ3) is 67.0. The van der Waals surface area contributed by atoms with Crippen LogP contribution in [0.25, 0.3) is 0 Å². The summed E-state index contributed by atoms with van der Waals surface area (Å²) in [6.07, 6.45) is 93.1. The van der Waals surface area contributed by atoms with Crippen LogP contribution in [0.15, 0.2) is 48.6 Å². The van der Waals surface area contributed by atoms with Gasteiger partial charge < -0.3 is 20.3 Å². The van der Waals surface area contributed by atoms with E-state index >= 15 is 0 Å². The molecule has 0 aromatic rings. The quantitative estimate of drug-likeness (QED) is 0.0320. The van der Waals surface area contributed by atoms with Crippen molar-refractivity contribution in [2.45, 2.75) is 411 Å². The summed E-state index contributed by atoms with van der Waals surface area (Å²) in [6.45, 7) is 4.95. The molecule has 3 N–H and O–H groups in total. The van der Waals surface area contributed by atoms with Gasteiger partial charge in [-0.25, -0.2) is 0 Å². The van der Waals surface area contributed by atoms with Crippen molar-refractivity contribution in [3.8, 4) is 0 Å². The number of allylic oxidation sites excluding steroid dienone is 8. The van der Waals surface area contributed by atoms with Crippen LogP contribution in [0.2, 0.25) is 0 Å². The highest BCUT2D eigenvalue weighted by Gasteiger charge is 2.20. The van der Waals surface area contributed by atoms with E-state index in [9.17, 15) is 19.8 Å². The van der Waals surface area contributed by atoms with Crippen molar-refractivity contribution in [1.82, 2.24) is 5.32 Å². The summed E-state index contributed by atoms with van der Waals surface area (Å²) in [7, 11) is 0. The Balaban J connectivity index is 3.43. The molecule has 82 heavy (non-hydrogen) atoms. The molecule has 0 bridgehead atoms. The van der Waals surface area contributed by atoms with Crippen molar-refractivity contribution in [3.05, 3.63) is 48.6 Å². The lowest BCUT2D eigenvalue weighted by molar-refractivity contribution is -0.143. The second-order valence-corrected chi connectivity index (χ2v) is 25.3. The van der Waals surface area contributed by atoms with Gasteiger partial charge >= 0.3 is 5.97 Å². The van der Waals surface area contributed by atoms with E-state index < -0.39 is 12.1 Å². The summed E-state index contributed by atoms with van der Waals surface area (Å²) >= 11 is 0. The maximum Gasteiger partial charge on any atom is 0.305 e. The van der Waals surface area contributed by atoms with Crippen LogP contribution < -0.4 is 5.32 Å². The molecule has 0 aliphatic heterocycles. The predicted octanol–water partition coefficient (Wildman–Crippen LogP) is 24.0. The number of esters is 1. The monoisotopic (exact) mass is 1150 g/mol. The highest BCUT2D eigenvalue weighted by Crippen LogP contribution is 2.19. The van der Waals surface area contributed by atoms with Crippen molar-refractivity contribution < 1.29 is 24.5 Å². The number of unbranched alkanes of at least 4 members (excludes halogenated alkanes) is 50. The maximum atomic E-state index is 12.6. The van der Waals surface area contributed by atoms with Crippen LogP contribution in [0, 0.1) is 0 Å². The molecule has 0 spiro atoms. The normalized spacial score (nSPS) is 12.8. The summed E-state index contributed by atoms with van der Waals surface area (Å²) in [5, 5.41) is 23.4. The second-order valence-electron chi connectivity index (χ2n) is 25.3. The minimum atomic E-state index is -0.669. The number of carbonyl (C=O) groups excluding carboxylic acids is 2. The van der Waals surface area contributed by atoms with Gasteiger partial charge in [-0.1, -0.05) is 345 Å². The molecule has 6 heteroatoms. The predicted molar refractivity (Wildman–Crippen MR) is 361 cm³/mol. The Morgan fingerprint density at radius 2 is 0.610 bits per heavy atom. The minimum absolute atomic E-state index is 0.00303. The van der Waals surface area contributed by atoms with Crippen molar-refractivity contribution in [3.63, 3.8) is 0 Å². The number of hydrogen-bond donors (Lipinski definition) is 3. The lowest BCUT2D eigenvalue weighted by Gasteiger charge is -2.22. The SMILES string of the molecule is CCCCC/C=C\C/C=C\CCCCCCCC(=O)OCCCCCCCCCCC/C=C\C/C=C\CCCCCCCCCCCCCC(=O)NC(CO)C(O)CCCCCCCCCCCCCCCCCCCCCCCCC. The Morgan fingerprint density at radius 3 is 0.951 bits per heavy atom. The van der Waals surface area contributed by atoms with Gasteiger partial charge in [0.05, 0.1) is 25.4 Å². The molecule has 0 aliphatic rings. The molecule has 0 aromatic carbocycles. The van der Waals surface area contributed by atoms with E-state index in [2.05, 4.69) is 67.8 Å². The molecule has 0 rings (SSSR count). The lowest BCUT2D eigenvalue weighted by atomic mass is 10.0. The highest BCUT2D eigenvalue weighted by atomic mass is 16.5. The summed E-state index contributed by atoms with van der Waals surface area (Å²) < 4.78 is 5.48. The topological polar surface area (TPSA) is 95.9 Å². The fourth-order valence-corrected chi connectivity index (χ4v) is 11.5. The molecule has 2 atom stereocenters. The van der Waals surface area contributed by atoms with Crippen LogP contribution in [-0.2, 0) is 14.3 Å². The summed E-state index contributed by atoms with van der Waals surface area (Å²) in [4.78, 5) is 24.6. The number of aliphatic hydroxyl groups is 2. The summed E-state index contributed by atoms with van der Waals surface area (Å²) in [6, 6.07) is -0.546. The van der Waals surface area contributed by atoms with Crippen LogP contribution in [-0.4, -0.2) is 47.4 Å². The molecular formula is C76H143NO5. The lowest BCUT2D eigenvalue weighted by Crippen LogP contribution is -2.45. The standard InChI is InChI=1S/C76H143NO5/c1-3-5-7-9-11-13-15-17-19-20-21-22-28-31-34-37-41-44-48-52-56-60-64-68-74(79)73(72-78)77-75(80)69-65-61-57-53-49-45-42-38-35-32-29-26-24-23-25-27-30-33-36-39-43-47-51-55-59-63-67-71-82-76(81)70-66-62-58-54-50-46-40-18-16-14-12-10-8-6-4-2/h12,14,18,23-24,27,30,40,73-74,78-79H,3-11,13,15-17,19-22,25-26,28-29,31-39,41-72H2,1-2H3,(H,77,80)/b14-12-,24-23-,30-27-,40-18-. The molecular weight excluding hydrogens is 1010 g/mol. The van der Waals surface area contributed by atoms with E-state index in [-0.39, 0.29) is 18.5 Å². The van der Waals surface area contributed by atoms with Gasteiger partial charge in [-0.3, -0.25) is 9.59 Å². The number of carbonyl (C=O) groups is 2. The number of rotatable bonds is 69. The van der Waals surface area contributed by atoms with E-state index in [0.717, 1.165) is 57.8 Å². The zero-order chi connectivity index (χ0) is 59.2. The first-order valence-electron chi connectivity index (χ1n) is 36.9. The van der Waals surface area contributed by atoms with Crippen LogP contribution >= 0.6 is 0 Å². The zero-order valence-electron chi connectivity index (χ0n) is 55.2. The van der Waals surface area contributed by atoms with Gasteiger partial charge in [0.1, 0.15) is 0 Å². The molecule has 2 unspecified atom stereocenters. The van der Waals surface area contributed by atoms with Gasteiger partial charge in [0.2, 0.25) is 5.91 Å².